The summed E-state index contributed by atoms with van der Waals surface area (Å²) in [6.07, 6.45) is 94.2. The van der Waals surface area contributed by atoms with Gasteiger partial charge in [-0.15, -0.1) is 0 Å². The Labute approximate surface area is 487 Å². The molecule has 0 rings (SSSR count). The quantitative estimate of drug-likeness (QED) is 0.0261. The second kappa shape index (κ2) is 65.8. The minimum absolute atomic E-state index is 0.105. The van der Waals surface area contributed by atoms with Gasteiger partial charge in [-0.1, -0.05) is 269 Å². The van der Waals surface area contributed by atoms with Crippen molar-refractivity contribution in [3.63, 3.8) is 0 Å². The summed E-state index contributed by atoms with van der Waals surface area (Å²) in [6.45, 7) is 6.34. The Morgan fingerprint density at radius 2 is 0.506 bits per heavy atom. The van der Waals surface area contributed by atoms with Crippen LogP contribution in [-0.2, 0) is 28.6 Å². The molecule has 0 heterocycles. The maximum atomic E-state index is 12.9. The lowest BCUT2D eigenvalue weighted by Gasteiger charge is -2.18. The average Bonchev–Trinajstić information content (AvgIpc) is 3.45. The summed E-state index contributed by atoms with van der Waals surface area (Å²) in [4.78, 5) is 38.4. The molecule has 1 unspecified atom stereocenters. The van der Waals surface area contributed by atoms with E-state index in [1.807, 2.05) is 0 Å². The molecule has 0 saturated carbocycles. The highest BCUT2D eigenvalue weighted by Gasteiger charge is 2.19. The molecule has 0 aliphatic carbocycles. The lowest BCUT2D eigenvalue weighted by Crippen LogP contribution is -2.30. The van der Waals surface area contributed by atoms with Crippen LogP contribution in [0.15, 0.2) is 146 Å². The summed E-state index contributed by atoms with van der Waals surface area (Å²) in [5, 5.41) is 0. The Bertz CT molecular complexity index is 1730. The van der Waals surface area contributed by atoms with Gasteiger partial charge in [0.25, 0.3) is 0 Å². The first-order valence-corrected chi connectivity index (χ1v) is 32.3. The lowest BCUT2D eigenvalue weighted by atomic mass is 10.1. The van der Waals surface area contributed by atoms with Crippen LogP contribution in [0.1, 0.15) is 278 Å². The number of hydrogen-bond donors (Lipinski definition) is 0. The van der Waals surface area contributed by atoms with E-state index in [0.717, 1.165) is 122 Å². The first-order chi connectivity index (χ1) is 39.0. The van der Waals surface area contributed by atoms with E-state index < -0.39 is 6.10 Å². The van der Waals surface area contributed by atoms with Crippen LogP contribution in [0.25, 0.3) is 0 Å². The van der Waals surface area contributed by atoms with Crippen LogP contribution in [0.3, 0.4) is 0 Å². The van der Waals surface area contributed by atoms with Gasteiger partial charge in [0.2, 0.25) is 0 Å². The molecule has 0 aromatic rings. The van der Waals surface area contributed by atoms with Crippen LogP contribution in [0, 0.1) is 0 Å². The van der Waals surface area contributed by atoms with Gasteiger partial charge in [-0.05, 0) is 135 Å². The van der Waals surface area contributed by atoms with E-state index in [1.165, 1.54) is 109 Å². The van der Waals surface area contributed by atoms with E-state index in [4.69, 9.17) is 14.2 Å². The number of ether oxygens (including phenoxy) is 3. The first-order valence-electron chi connectivity index (χ1n) is 32.3. The van der Waals surface area contributed by atoms with Gasteiger partial charge in [-0.2, -0.15) is 0 Å². The molecule has 0 saturated heterocycles. The van der Waals surface area contributed by atoms with Crippen molar-refractivity contribution in [1.82, 2.24) is 0 Å². The molecule has 1 atom stereocenters. The van der Waals surface area contributed by atoms with Gasteiger partial charge in [0.05, 0.1) is 0 Å². The fourth-order valence-electron chi connectivity index (χ4n) is 8.54. The topological polar surface area (TPSA) is 78.9 Å². The zero-order valence-electron chi connectivity index (χ0n) is 51.1. The Hall–Kier alpha value is -4.71. The van der Waals surface area contributed by atoms with Crippen LogP contribution >= 0.6 is 0 Å². The maximum absolute atomic E-state index is 12.9. The van der Waals surface area contributed by atoms with E-state index in [2.05, 4.69) is 167 Å². The predicted octanol–water partition coefficient (Wildman–Crippen LogP) is 22.3. The van der Waals surface area contributed by atoms with Crippen LogP contribution < -0.4 is 0 Å². The fraction of sp³-hybridized carbons (Fsp3) is 0.630. The average molecular weight is 1090 g/mol. The van der Waals surface area contributed by atoms with Crippen molar-refractivity contribution in [2.75, 3.05) is 13.2 Å². The van der Waals surface area contributed by atoms with Gasteiger partial charge in [0, 0.05) is 19.3 Å². The smallest absolute Gasteiger partial charge is 0.306 e. The van der Waals surface area contributed by atoms with E-state index in [1.54, 1.807) is 0 Å². The summed E-state index contributed by atoms with van der Waals surface area (Å²) >= 11 is 0. The summed E-state index contributed by atoms with van der Waals surface area (Å²) in [6, 6.07) is 0. The van der Waals surface area contributed by atoms with Crippen molar-refractivity contribution >= 4 is 17.9 Å². The third-order valence-corrected chi connectivity index (χ3v) is 13.3. The number of carbonyl (C=O) groups excluding carboxylic acids is 3. The molecule has 0 aromatic heterocycles. The fourth-order valence-corrected chi connectivity index (χ4v) is 8.54. The third-order valence-electron chi connectivity index (χ3n) is 13.3. The molecule has 79 heavy (non-hydrogen) atoms. The van der Waals surface area contributed by atoms with E-state index in [-0.39, 0.29) is 37.5 Å². The number of carbonyl (C=O) groups is 3. The minimum Gasteiger partial charge on any atom is -0.462 e. The zero-order chi connectivity index (χ0) is 57.1. The summed E-state index contributed by atoms with van der Waals surface area (Å²) in [5.74, 6) is -0.975. The largest absolute Gasteiger partial charge is 0.462 e. The van der Waals surface area contributed by atoms with Crippen molar-refractivity contribution in [3.8, 4) is 0 Å². The highest BCUT2D eigenvalue weighted by Crippen LogP contribution is 2.15. The summed E-state index contributed by atoms with van der Waals surface area (Å²) in [7, 11) is 0. The molecule has 0 aliphatic heterocycles. The van der Waals surface area contributed by atoms with Crippen LogP contribution in [-0.4, -0.2) is 37.2 Å². The van der Waals surface area contributed by atoms with Crippen molar-refractivity contribution in [2.45, 2.75) is 284 Å². The number of allylic oxidation sites excluding steroid dienone is 24. The van der Waals surface area contributed by atoms with Gasteiger partial charge in [0.1, 0.15) is 13.2 Å². The van der Waals surface area contributed by atoms with Gasteiger partial charge < -0.3 is 14.2 Å². The van der Waals surface area contributed by atoms with Crippen molar-refractivity contribution < 1.29 is 28.6 Å². The molecule has 6 nitrogen and oxygen atoms in total. The molecule has 0 bridgehead atoms. The van der Waals surface area contributed by atoms with Crippen molar-refractivity contribution in [3.05, 3.63) is 146 Å². The standard InChI is InChI=1S/C73H118O6/c1-4-7-10-13-16-19-22-25-28-31-33-34-35-36-37-38-40-42-45-48-51-54-57-60-63-66-72(75)78-69-70(68-77-71(74)65-62-59-56-53-50-47-44-41-30-27-24-21-18-15-12-9-6-3)79-73(76)67-64-61-58-55-52-49-46-43-39-32-29-26-23-20-17-14-11-8-5-2/h7,9-10,12,16-21,25-30,33-34,36-37,44,47,53,56,70H,4-6,8,11,13-15,22-24,31-32,35,38-43,45-46,48-52,54-55,57-69H2,1-3H3/b10-7-,12-9-,19-16-,20-17-,21-18-,28-25-,29-26-,30-27-,34-33-,37-36-,47-44-,56-53-. The lowest BCUT2D eigenvalue weighted by molar-refractivity contribution is -0.167. The van der Waals surface area contributed by atoms with Gasteiger partial charge >= 0.3 is 17.9 Å². The Morgan fingerprint density at radius 1 is 0.266 bits per heavy atom. The summed E-state index contributed by atoms with van der Waals surface area (Å²) < 4.78 is 16.9. The highest BCUT2D eigenvalue weighted by molar-refractivity contribution is 5.71. The molecular formula is C73H118O6. The van der Waals surface area contributed by atoms with E-state index in [9.17, 15) is 14.4 Å². The molecule has 0 aliphatic rings. The molecule has 0 aromatic carbocycles. The Balaban J connectivity index is 4.46. The second-order valence-corrected chi connectivity index (χ2v) is 20.9. The van der Waals surface area contributed by atoms with Crippen LogP contribution in [0.5, 0.6) is 0 Å². The number of rotatable bonds is 57. The highest BCUT2D eigenvalue weighted by atomic mass is 16.6. The molecule has 0 fully saturated rings. The van der Waals surface area contributed by atoms with Gasteiger partial charge in [0.15, 0.2) is 6.10 Å². The molecular weight excluding hydrogens is 973 g/mol. The molecule has 6 heteroatoms. The zero-order valence-corrected chi connectivity index (χ0v) is 51.1. The van der Waals surface area contributed by atoms with Gasteiger partial charge in [-0.3, -0.25) is 14.4 Å². The minimum atomic E-state index is -0.814. The summed E-state index contributed by atoms with van der Waals surface area (Å²) in [5.41, 5.74) is 0. The number of unbranched alkanes of at least 4 members (excludes halogenated alkanes) is 22. The normalized spacial score (nSPS) is 13.1. The predicted molar refractivity (Wildman–Crippen MR) is 343 cm³/mol. The number of hydrogen-bond acceptors (Lipinski definition) is 6. The number of esters is 3. The molecule has 446 valence electrons. The molecule has 0 N–H and O–H groups in total. The van der Waals surface area contributed by atoms with Crippen molar-refractivity contribution in [1.29, 1.82) is 0 Å². The van der Waals surface area contributed by atoms with Crippen LogP contribution in [0.2, 0.25) is 0 Å². The van der Waals surface area contributed by atoms with Gasteiger partial charge in [-0.25, -0.2) is 0 Å². The van der Waals surface area contributed by atoms with Crippen LogP contribution in [0.4, 0.5) is 0 Å². The molecule has 0 radical (unpaired) electrons. The first kappa shape index (κ1) is 74.3. The SMILES string of the molecule is CC/C=C\C/C=C\C/C=C\C/C=C\C/C=C\CCCCCCCCCCCC(=O)OCC(COC(=O)CCC/C=C\C/C=C\C/C=C\C/C=C\C/C=C\CC)OC(=O)CCCCCCCCCCC/C=C\C/C=C\CCCCC. The molecule has 0 amide bonds. The Morgan fingerprint density at radius 3 is 0.823 bits per heavy atom. The Kier molecular flexibility index (Phi) is 61.9. The van der Waals surface area contributed by atoms with E-state index >= 15 is 0 Å². The monoisotopic (exact) mass is 1090 g/mol. The maximum Gasteiger partial charge on any atom is 0.306 e. The second-order valence-electron chi connectivity index (χ2n) is 20.9. The van der Waals surface area contributed by atoms with Crippen molar-refractivity contribution in [2.24, 2.45) is 0 Å². The van der Waals surface area contributed by atoms with E-state index in [0.29, 0.717) is 19.3 Å². The third kappa shape index (κ3) is 64.0. The molecule has 0 spiro atoms.